The minimum absolute atomic E-state index is 0.0208. The standard InChI is InChI=1S/C22H28Cl2N2O/c1-4-8-18(9-5-2)21(16-26-12-6-7-13-26)25(3)22(27)15-17-10-11-19(23)20(24)14-17/h4-5,8-11,14,21H,1,6-7,12-13,15-16H2,2-3H3/b9-5-,18-8+/t21-/m1/s1. The second kappa shape index (κ2) is 10.7. The molecule has 0 radical (unpaired) electrons. The summed E-state index contributed by atoms with van der Waals surface area (Å²) in [7, 11) is 1.88. The highest BCUT2D eigenvalue weighted by molar-refractivity contribution is 6.42. The van der Waals surface area contributed by atoms with Crippen LogP contribution in [0, 0.1) is 0 Å². The smallest absolute Gasteiger partial charge is 0.227 e. The molecule has 0 unspecified atom stereocenters. The first-order chi connectivity index (χ1) is 13.0. The zero-order valence-electron chi connectivity index (χ0n) is 16.1. The van der Waals surface area contributed by atoms with Crippen LogP contribution in [0.5, 0.6) is 0 Å². The van der Waals surface area contributed by atoms with Gasteiger partial charge in [0.2, 0.25) is 5.91 Å². The number of hydrogen-bond acceptors (Lipinski definition) is 2. The van der Waals surface area contributed by atoms with Gasteiger partial charge in [-0.3, -0.25) is 4.79 Å². The summed E-state index contributed by atoms with van der Waals surface area (Å²) < 4.78 is 0. The lowest BCUT2D eigenvalue weighted by Gasteiger charge is -2.33. The van der Waals surface area contributed by atoms with Gasteiger partial charge >= 0.3 is 0 Å². The summed E-state index contributed by atoms with van der Waals surface area (Å²) in [6, 6.07) is 5.32. The quantitative estimate of drug-likeness (QED) is 0.557. The molecule has 0 N–H and O–H groups in total. The predicted octanol–water partition coefficient (Wildman–Crippen LogP) is 5.15. The molecule has 0 saturated carbocycles. The van der Waals surface area contributed by atoms with Crippen LogP contribution in [-0.2, 0) is 11.2 Å². The van der Waals surface area contributed by atoms with Gasteiger partial charge in [-0.1, -0.05) is 60.2 Å². The van der Waals surface area contributed by atoms with E-state index in [1.54, 1.807) is 18.2 Å². The Kier molecular flexibility index (Phi) is 8.62. The van der Waals surface area contributed by atoms with Crippen molar-refractivity contribution in [1.82, 2.24) is 9.80 Å². The molecule has 2 rings (SSSR count). The topological polar surface area (TPSA) is 23.6 Å². The van der Waals surface area contributed by atoms with Gasteiger partial charge < -0.3 is 9.80 Å². The minimum atomic E-state index is -0.0208. The van der Waals surface area contributed by atoms with Crippen LogP contribution in [0.15, 0.2) is 54.7 Å². The van der Waals surface area contributed by atoms with E-state index < -0.39 is 0 Å². The van der Waals surface area contributed by atoms with E-state index in [1.807, 2.05) is 37.1 Å². The van der Waals surface area contributed by atoms with E-state index in [4.69, 9.17) is 23.2 Å². The fraction of sp³-hybridized carbons (Fsp3) is 0.409. The van der Waals surface area contributed by atoms with Gasteiger partial charge in [0.1, 0.15) is 0 Å². The van der Waals surface area contributed by atoms with Crippen LogP contribution in [0.2, 0.25) is 10.0 Å². The number of halogens is 2. The Bertz CT molecular complexity index is 721. The van der Waals surface area contributed by atoms with Gasteiger partial charge in [-0.2, -0.15) is 0 Å². The molecule has 0 spiro atoms. The highest BCUT2D eigenvalue weighted by Gasteiger charge is 2.26. The molecule has 1 amide bonds. The molecule has 0 aromatic heterocycles. The largest absolute Gasteiger partial charge is 0.337 e. The Hall–Kier alpha value is -1.55. The van der Waals surface area contributed by atoms with E-state index in [1.165, 1.54) is 12.8 Å². The molecule has 1 fully saturated rings. The number of amides is 1. The molecule has 1 aromatic rings. The van der Waals surface area contributed by atoms with Crippen molar-refractivity contribution in [3.63, 3.8) is 0 Å². The molecule has 1 saturated heterocycles. The first kappa shape index (κ1) is 21.7. The summed E-state index contributed by atoms with van der Waals surface area (Å²) in [5.74, 6) is 0.0528. The molecule has 1 aliphatic rings. The molecule has 27 heavy (non-hydrogen) atoms. The Morgan fingerprint density at radius 3 is 2.59 bits per heavy atom. The number of likely N-dealkylation sites (N-methyl/N-ethyl adjacent to an activating group) is 1. The van der Waals surface area contributed by atoms with Crippen LogP contribution in [0.4, 0.5) is 0 Å². The summed E-state index contributed by atoms with van der Waals surface area (Å²) >= 11 is 12.1. The van der Waals surface area contributed by atoms with Crippen molar-refractivity contribution in [1.29, 1.82) is 0 Å². The van der Waals surface area contributed by atoms with Gasteiger partial charge in [0.15, 0.2) is 0 Å². The van der Waals surface area contributed by atoms with Gasteiger partial charge in [0.05, 0.1) is 22.5 Å². The highest BCUT2D eigenvalue weighted by Crippen LogP contribution is 2.24. The van der Waals surface area contributed by atoms with Crippen molar-refractivity contribution in [3.8, 4) is 0 Å². The molecule has 0 bridgehead atoms. The van der Waals surface area contributed by atoms with Crippen LogP contribution in [-0.4, -0.2) is 48.4 Å². The molecule has 3 nitrogen and oxygen atoms in total. The predicted molar refractivity (Wildman–Crippen MR) is 115 cm³/mol. The van der Waals surface area contributed by atoms with Crippen molar-refractivity contribution in [2.45, 2.75) is 32.2 Å². The fourth-order valence-corrected chi connectivity index (χ4v) is 3.71. The number of benzene rings is 1. The van der Waals surface area contributed by atoms with Gasteiger partial charge in [-0.15, -0.1) is 0 Å². The second-order valence-corrected chi connectivity index (χ2v) is 7.67. The van der Waals surface area contributed by atoms with E-state index >= 15 is 0 Å². The molecular formula is C22H28Cl2N2O. The summed E-state index contributed by atoms with van der Waals surface area (Å²) in [5, 5.41) is 0.969. The van der Waals surface area contributed by atoms with Crippen molar-refractivity contribution in [2.75, 3.05) is 26.7 Å². The summed E-state index contributed by atoms with van der Waals surface area (Å²) in [6.07, 6.45) is 10.6. The van der Waals surface area contributed by atoms with Crippen molar-refractivity contribution in [2.24, 2.45) is 0 Å². The number of carbonyl (C=O) groups is 1. The maximum absolute atomic E-state index is 13.0. The average molecular weight is 407 g/mol. The lowest BCUT2D eigenvalue weighted by atomic mass is 10.0. The minimum Gasteiger partial charge on any atom is -0.337 e. The first-order valence-corrected chi connectivity index (χ1v) is 10.1. The Labute approximate surface area is 172 Å². The zero-order valence-corrected chi connectivity index (χ0v) is 17.6. The van der Waals surface area contributed by atoms with E-state index in [9.17, 15) is 4.79 Å². The Morgan fingerprint density at radius 1 is 1.30 bits per heavy atom. The van der Waals surface area contributed by atoms with Crippen LogP contribution in [0.3, 0.4) is 0 Å². The maximum atomic E-state index is 13.0. The number of nitrogens with zero attached hydrogens (tertiary/aromatic N) is 2. The van der Waals surface area contributed by atoms with Gasteiger partial charge in [-0.25, -0.2) is 0 Å². The zero-order chi connectivity index (χ0) is 19.8. The molecule has 1 aromatic carbocycles. The molecule has 1 heterocycles. The van der Waals surface area contributed by atoms with Gasteiger partial charge in [-0.05, 0) is 56.1 Å². The third kappa shape index (κ3) is 6.24. The number of rotatable bonds is 8. The molecule has 0 aliphatic carbocycles. The Morgan fingerprint density at radius 2 is 2.00 bits per heavy atom. The summed E-state index contributed by atoms with van der Waals surface area (Å²) in [6.45, 7) is 8.82. The fourth-order valence-electron chi connectivity index (χ4n) is 3.39. The molecule has 5 heteroatoms. The van der Waals surface area contributed by atoms with Crippen LogP contribution < -0.4 is 0 Å². The van der Waals surface area contributed by atoms with Crippen molar-refractivity contribution in [3.05, 3.63) is 70.3 Å². The monoisotopic (exact) mass is 406 g/mol. The van der Waals surface area contributed by atoms with E-state index in [2.05, 4.69) is 17.6 Å². The summed E-state index contributed by atoms with van der Waals surface area (Å²) in [5.41, 5.74) is 1.95. The lowest BCUT2D eigenvalue weighted by molar-refractivity contribution is -0.130. The van der Waals surface area contributed by atoms with E-state index in [0.29, 0.717) is 16.5 Å². The number of allylic oxidation sites excluding steroid dienone is 3. The number of hydrogen-bond donors (Lipinski definition) is 0. The van der Waals surface area contributed by atoms with Crippen LogP contribution in [0.1, 0.15) is 25.3 Å². The summed E-state index contributed by atoms with van der Waals surface area (Å²) in [4.78, 5) is 17.3. The third-order valence-electron chi connectivity index (χ3n) is 4.88. The maximum Gasteiger partial charge on any atom is 0.227 e. The van der Waals surface area contributed by atoms with Gasteiger partial charge in [0.25, 0.3) is 0 Å². The van der Waals surface area contributed by atoms with E-state index in [0.717, 1.165) is 30.8 Å². The SMILES string of the molecule is C=C/C=C(\C=C/C)[C@@H](CN1CCCC1)N(C)C(=O)Cc1ccc(Cl)c(Cl)c1. The van der Waals surface area contributed by atoms with Crippen molar-refractivity contribution < 1.29 is 4.79 Å². The van der Waals surface area contributed by atoms with Crippen LogP contribution >= 0.6 is 23.2 Å². The first-order valence-electron chi connectivity index (χ1n) is 9.33. The lowest BCUT2D eigenvalue weighted by Crippen LogP contribution is -2.45. The highest BCUT2D eigenvalue weighted by atomic mass is 35.5. The molecule has 146 valence electrons. The normalized spacial score (nSPS) is 16.7. The third-order valence-corrected chi connectivity index (χ3v) is 5.62. The van der Waals surface area contributed by atoms with Crippen LogP contribution in [0.25, 0.3) is 0 Å². The van der Waals surface area contributed by atoms with Gasteiger partial charge in [0, 0.05) is 13.6 Å². The second-order valence-electron chi connectivity index (χ2n) is 6.86. The number of carbonyl (C=O) groups excluding carboxylic acids is 1. The van der Waals surface area contributed by atoms with E-state index in [-0.39, 0.29) is 11.9 Å². The molecule has 1 atom stereocenters. The van der Waals surface area contributed by atoms with Crippen molar-refractivity contribution >= 4 is 29.1 Å². The Balaban J connectivity index is 2.20. The number of likely N-dealkylation sites (tertiary alicyclic amines) is 1. The molecular weight excluding hydrogens is 379 g/mol. The average Bonchev–Trinajstić information content (AvgIpc) is 3.15. The molecule has 1 aliphatic heterocycles.